The van der Waals surface area contributed by atoms with E-state index in [1.807, 2.05) is 24.3 Å². The summed E-state index contributed by atoms with van der Waals surface area (Å²) < 4.78 is 5.81. The predicted octanol–water partition coefficient (Wildman–Crippen LogP) is 3.21. The van der Waals surface area contributed by atoms with Crippen molar-refractivity contribution >= 4 is 22.6 Å². The Hall–Kier alpha value is -2.14. The van der Waals surface area contributed by atoms with Crippen LogP contribution in [-0.2, 0) is 0 Å². The van der Waals surface area contributed by atoms with Crippen molar-refractivity contribution in [1.82, 2.24) is 20.2 Å². The van der Waals surface area contributed by atoms with Gasteiger partial charge in [0, 0.05) is 5.56 Å². The number of H-pyrrole nitrogens is 1. The number of nitrogens with zero attached hydrogens (tertiary/aromatic N) is 3. The maximum Gasteiger partial charge on any atom is 0.224 e. The number of aromatic amines is 1. The van der Waals surface area contributed by atoms with E-state index in [0.717, 1.165) is 35.2 Å². The fourth-order valence-corrected chi connectivity index (χ4v) is 2.29. The summed E-state index contributed by atoms with van der Waals surface area (Å²) in [4.78, 5) is 8.43. The number of hydrogen-bond acceptors (Lipinski definition) is 4. The van der Waals surface area contributed by atoms with Crippen molar-refractivity contribution in [3.05, 3.63) is 35.7 Å². The molecule has 3 aromatic rings. The molecule has 5 nitrogen and oxygen atoms in total. The quantitative estimate of drug-likeness (QED) is 0.751. The number of rotatable bonds is 3. The summed E-state index contributed by atoms with van der Waals surface area (Å²) in [5, 5.41) is 7.85. The molecule has 0 amide bonds. The topological polar surface area (TPSA) is 63.7 Å². The molecule has 1 saturated carbocycles. The maximum absolute atomic E-state index is 5.96. The van der Waals surface area contributed by atoms with Crippen LogP contribution in [0.3, 0.4) is 0 Å². The second-order valence-electron chi connectivity index (χ2n) is 4.82. The van der Waals surface area contributed by atoms with Crippen LogP contribution in [0.4, 0.5) is 0 Å². The van der Waals surface area contributed by atoms with Crippen LogP contribution in [-0.4, -0.2) is 26.3 Å². The highest BCUT2D eigenvalue weighted by molar-refractivity contribution is 6.28. The molecule has 1 aliphatic rings. The largest absolute Gasteiger partial charge is 0.490 e. The molecule has 2 aromatic heterocycles. The standard InChI is InChI=1S/C14H11ClN4O/c15-14-17-12(11-7-16-19-13(11)18-14)8-2-1-3-10(6-8)20-9-4-5-9/h1-3,6-7,9H,4-5H2,(H,16,17,18,19). The molecular formula is C14H11ClN4O. The third-order valence-electron chi connectivity index (χ3n) is 3.22. The van der Waals surface area contributed by atoms with Gasteiger partial charge in [0.25, 0.3) is 0 Å². The minimum absolute atomic E-state index is 0.199. The minimum atomic E-state index is 0.199. The second kappa shape index (κ2) is 4.45. The first-order valence-corrected chi connectivity index (χ1v) is 6.81. The molecule has 1 N–H and O–H groups in total. The van der Waals surface area contributed by atoms with Gasteiger partial charge in [-0.25, -0.2) is 4.98 Å². The molecule has 100 valence electrons. The molecule has 0 saturated heterocycles. The summed E-state index contributed by atoms with van der Waals surface area (Å²) in [6.07, 6.45) is 4.34. The van der Waals surface area contributed by atoms with Crippen LogP contribution >= 0.6 is 11.6 Å². The summed E-state index contributed by atoms with van der Waals surface area (Å²) in [6, 6.07) is 7.86. The highest BCUT2D eigenvalue weighted by Crippen LogP contribution is 2.31. The molecule has 1 aromatic carbocycles. The number of hydrogen-bond donors (Lipinski definition) is 1. The molecule has 0 aliphatic heterocycles. The van der Waals surface area contributed by atoms with Gasteiger partial charge in [0.15, 0.2) is 5.65 Å². The molecule has 0 spiro atoms. The third kappa shape index (κ3) is 2.10. The Morgan fingerprint density at radius 3 is 3.00 bits per heavy atom. The fourth-order valence-electron chi connectivity index (χ4n) is 2.12. The number of ether oxygens (including phenoxy) is 1. The molecule has 4 rings (SSSR count). The number of benzene rings is 1. The van der Waals surface area contributed by atoms with Crippen molar-refractivity contribution in [2.75, 3.05) is 0 Å². The second-order valence-corrected chi connectivity index (χ2v) is 5.16. The molecule has 2 heterocycles. The molecule has 0 atom stereocenters. The van der Waals surface area contributed by atoms with Crippen molar-refractivity contribution in [3.63, 3.8) is 0 Å². The van der Waals surface area contributed by atoms with Gasteiger partial charge in [0.1, 0.15) is 5.75 Å². The first-order chi connectivity index (χ1) is 9.79. The van der Waals surface area contributed by atoms with Gasteiger partial charge in [-0.15, -0.1) is 0 Å². The molecule has 1 fully saturated rings. The summed E-state index contributed by atoms with van der Waals surface area (Å²) in [6.45, 7) is 0. The maximum atomic E-state index is 5.96. The Balaban J connectivity index is 1.83. The van der Waals surface area contributed by atoms with E-state index in [-0.39, 0.29) is 5.28 Å². The molecule has 0 bridgehead atoms. The van der Waals surface area contributed by atoms with Gasteiger partial charge < -0.3 is 4.74 Å². The number of aromatic nitrogens is 4. The Bertz CT molecular complexity index is 782. The van der Waals surface area contributed by atoms with Crippen LogP contribution in [0.25, 0.3) is 22.3 Å². The zero-order valence-corrected chi connectivity index (χ0v) is 11.3. The minimum Gasteiger partial charge on any atom is -0.490 e. The van der Waals surface area contributed by atoms with E-state index in [1.54, 1.807) is 6.20 Å². The monoisotopic (exact) mass is 286 g/mol. The van der Waals surface area contributed by atoms with Crippen LogP contribution < -0.4 is 4.74 Å². The smallest absolute Gasteiger partial charge is 0.224 e. The first kappa shape index (κ1) is 11.7. The lowest BCUT2D eigenvalue weighted by atomic mass is 10.1. The van der Waals surface area contributed by atoms with Crippen LogP contribution in [0.15, 0.2) is 30.5 Å². The average Bonchev–Trinajstić information content (AvgIpc) is 3.13. The van der Waals surface area contributed by atoms with E-state index in [9.17, 15) is 0 Å². The fraction of sp³-hybridized carbons (Fsp3) is 0.214. The van der Waals surface area contributed by atoms with E-state index >= 15 is 0 Å². The molecule has 0 unspecified atom stereocenters. The van der Waals surface area contributed by atoms with Crippen molar-refractivity contribution in [1.29, 1.82) is 0 Å². The average molecular weight is 287 g/mol. The number of fused-ring (bicyclic) bond motifs is 1. The highest BCUT2D eigenvalue weighted by atomic mass is 35.5. The lowest BCUT2D eigenvalue weighted by molar-refractivity contribution is 0.303. The van der Waals surface area contributed by atoms with E-state index < -0.39 is 0 Å². The normalized spacial score (nSPS) is 14.7. The van der Waals surface area contributed by atoms with Crippen molar-refractivity contribution in [2.24, 2.45) is 0 Å². The van der Waals surface area contributed by atoms with E-state index in [2.05, 4.69) is 20.2 Å². The van der Waals surface area contributed by atoms with Crippen LogP contribution in [0, 0.1) is 0 Å². The van der Waals surface area contributed by atoms with E-state index in [4.69, 9.17) is 16.3 Å². The van der Waals surface area contributed by atoms with Gasteiger partial charge in [0.2, 0.25) is 5.28 Å². The van der Waals surface area contributed by atoms with Gasteiger partial charge in [-0.05, 0) is 36.6 Å². The third-order valence-corrected chi connectivity index (χ3v) is 3.39. The van der Waals surface area contributed by atoms with Gasteiger partial charge in [0.05, 0.1) is 23.4 Å². The Labute approximate surface area is 120 Å². The number of halogens is 1. The molecule has 0 radical (unpaired) electrons. The lowest BCUT2D eigenvalue weighted by Gasteiger charge is -2.07. The lowest BCUT2D eigenvalue weighted by Crippen LogP contribution is -1.96. The van der Waals surface area contributed by atoms with Gasteiger partial charge in [-0.1, -0.05) is 12.1 Å². The van der Waals surface area contributed by atoms with Gasteiger partial charge >= 0.3 is 0 Å². The Morgan fingerprint density at radius 2 is 2.15 bits per heavy atom. The first-order valence-electron chi connectivity index (χ1n) is 6.43. The molecular weight excluding hydrogens is 276 g/mol. The Kier molecular flexibility index (Phi) is 2.60. The van der Waals surface area contributed by atoms with Crippen LogP contribution in [0.5, 0.6) is 5.75 Å². The van der Waals surface area contributed by atoms with Crippen molar-refractivity contribution < 1.29 is 4.74 Å². The summed E-state index contributed by atoms with van der Waals surface area (Å²) in [7, 11) is 0. The summed E-state index contributed by atoms with van der Waals surface area (Å²) in [5.74, 6) is 0.858. The van der Waals surface area contributed by atoms with Crippen LogP contribution in [0.2, 0.25) is 5.28 Å². The van der Waals surface area contributed by atoms with Crippen molar-refractivity contribution in [3.8, 4) is 17.0 Å². The Morgan fingerprint density at radius 1 is 1.25 bits per heavy atom. The van der Waals surface area contributed by atoms with Gasteiger partial charge in [-0.3, -0.25) is 5.10 Å². The van der Waals surface area contributed by atoms with Crippen LogP contribution in [0.1, 0.15) is 12.8 Å². The van der Waals surface area contributed by atoms with Crippen molar-refractivity contribution in [2.45, 2.75) is 18.9 Å². The summed E-state index contributed by atoms with van der Waals surface area (Å²) in [5.41, 5.74) is 2.34. The zero-order chi connectivity index (χ0) is 13.5. The zero-order valence-electron chi connectivity index (χ0n) is 10.5. The predicted molar refractivity (Wildman–Crippen MR) is 75.8 cm³/mol. The SMILES string of the molecule is Clc1nc(-c2cccc(OC3CC3)c2)c2cn[nH]c2n1. The molecule has 20 heavy (non-hydrogen) atoms. The van der Waals surface area contributed by atoms with E-state index in [0.29, 0.717) is 11.8 Å². The number of nitrogens with one attached hydrogen (secondary N) is 1. The van der Waals surface area contributed by atoms with E-state index in [1.165, 1.54) is 0 Å². The molecule has 1 aliphatic carbocycles. The molecule has 6 heteroatoms. The van der Waals surface area contributed by atoms with Gasteiger partial charge in [-0.2, -0.15) is 10.1 Å². The highest BCUT2D eigenvalue weighted by Gasteiger charge is 2.23. The summed E-state index contributed by atoms with van der Waals surface area (Å²) >= 11 is 5.96.